The van der Waals surface area contributed by atoms with Crippen LogP contribution in [0.3, 0.4) is 0 Å². The lowest BCUT2D eigenvalue weighted by atomic mass is 10.0. The molecule has 0 saturated heterocycles. The molecule has 0 aliphatic heterocycles. The number of benzene rings is 8. The molecule has 0 amide bonds. The molecule has 0 saturated carbocycles. The van der Waals surface area contributed by atoms with E-state index in [4.69, 9.17) is 9.40 Å². The number of fused-ring (bicyclic) bond motifs is 10. The van der Waals surface area contributed by atoms with Crippen molar-refractivity contribution in [2.24, 2.45) is 0 Å². The minimum Gasteiger partial charge on any atom is -0.456 e. The summed E-state index contributed by atoms with van der Waals surface area (Å²) in [6.07, 6.45) is 0. The Labute approximate surface area is 328 Å². The second-order valence-corrected chi connectivity index (χ2v) is 14.8. The summed E-state index contributed by atoms with van der Waals surface area (Å²) < 4.78 is 11.0. The number of aromatic nitrogens is 3. The SMILES string of the molecule is c1ccc(-c2ccc3c(c2)c2ccc4c5cc(-c6ccccc6)ccc5n(-c5cccc(-c6ccc7oc8ccccc8c7c6)n5)c4c2n3-c2ccccc2)cc1. The Balaban J connectivity index is 1.18. The van der Waals surface area contributed by atoms with E-state index >= 15 is 0 Å². The van der Waals surface area contributed by atoms with Crippen LogP contribution in [0, 0.1) is 0 Å². The van der Waals surface area contributed by atoms with E-state index in [1.807, 2.05) is 12.1 Å². The van der Waals surface area contributed by atoms with E-state index in [1.165, 1.54) is 43.8 Å². The topological polar surface area (TPSA) is 35.9 Å². The highest BCUT2D eigenvalue weighted by atomic mass is 16.3. The number of hydrogen-bond acceptors (Lipinski definition) is 2. The molecule has 12 rings (SSSR count). The molecule has 0 atom stereocenters. The van der Waals surface area contributed by atoms with E-state index in [1.54, 1.807) is 0 Å². The summed E-state index contributed by atoms with van der Waals surface area (Å²) in [6, 6.07) is 71.4. The van der Waals surface area contributed by atoms with Gasteiger partial charge >= 0.3 is 0 Å². The summed E-state index contributed by atoms with van der Waals surface area (Å²) in [5, 5.41) is 6.96. The van der Waals surface area contributed by atoms with Crippen molar-refractivity contribution in [3.05, 3.63) is 200 Å². The average molecular weight is 728 g/mol. The number of furan rings is 1. The molecule has 12 aromatic rings. The molecule has 0 aliphatic rings. The predicted molar refractivity (Wildman–Crippen MR) is 237 cm³/mol. The molecule has 0 spiro atoms. The maximum atomic E-state index is 6.18. The third-order valence-electron chi connectivity index (χ3n) is 11.5. The molecule has 4 heteroatoms. The number of para-hydroxylation sites is 2. The van der Waals surface area contributed by atoms with Crippen LogP contribution in [0.1, 0.15) is 0 Å². The van der Waals surface area contributed by atoms with Crippen molar-refractivity contribution < 1.29 is 4.42 Å². The molecular formula is C53H33N3O. The van der Waals surface area contributed by atoms with Gasteiger partial charge in [-0.3, -0.25) is 4.57 Å². The van der Waals surface area contributed by atoms with Gasteiger partial charge < -0.3 is 8.98 Å². The summed E-state index contributed by atoms with van der Waals surface area (Å²) in [5.41, 5.74) is 14.1. The monoisotopic (exact) mass is 727 g/mol. The van der Waals surface area contributed by atoms with Crippen LogP contribution in [0.5, 0.6) is 0 Å². The summed E-state index contributed by atoms with van der Waals surface area (Å²) in [7, 11) is 0. The van der Waals surface area contributed by atoms with Crippen molar-refractivity contribution in [3.8, 4) is 45.0 Å². The third kappa shape index (κ3) is 4.91. The highest BCUT2D eigenvalue weighted by molar-refractivity contribution is 6.24. The maximum Gasteiger partial charge on any atom is 0.138 e. The molecule has 0 N–H and O–H groups in total. The molecule has 8 aromatic carbocycles. The van der Waals surface area contributed by atoms with Crippen LogP contribution < -0.4 is 0 Å². The van der Waals surface area contributed by atoms with Crippen LogP contribution in [-0.2, 0) is 0 Å². The van der Waals surface area contributed by atoms with Crippen molar-refractivity contribution in [1.82, 2.24) is 14.1 Å². The van der Waals surface area contributed by atoms with Crippen LogP contribution in [-0.4, -0.2) is 14.1 Å². The molecule has 266 valence electrons. The fourth-order valence-electron chi connectivity index (χ4n) is 8.90. The molecule has 4 heterocycles. The van der Waals surface area contributed by atoms with Crippen LogP contribution >= 0.6 is 0 Å². The minimum atomic E-state index is 0.861. The van der Waals surface area contributed by atoms with Crippen LogP contribution in [0.2, 0.25) is 0 Å². The Hall–Kier alpha value is -7.69. The van der Waals surface area contributed by atoms with Gasteiger partial charge in [-0.05, 0) is 95.1 Å². The molecular weight excluding hydrogens is 695 g/mol. The number of rotatable bonds is 5. The Morgan fingerprint density at radius 3 is 1.56 bits per heavy atom. The highest BCUT2D eigenvalue weighted by Gasteiger charge is 2.23. The van der Waals surface area contributed by atoms with Crippen molar-refractivity contribution in [3.63, 3.8) is 0 Å². The van der Waals surface area contributed by atoms with Crippen molar-refractivity contribution in [2.45, 2.75) is 0 Å². The van der Waals surface area contributed by atoms with Gasteiger partial charge in [0, 0.05) is 43.6 Å². The van der Waals surface area contributed by atoms with E-state index in [2.05, 4.69) is 197 Å². The fraction of sp³-hybridized carbons (Fsp3) is 0. The molecule has 0 bridgehead atoms. The van der Waals surface area contributed by atoms with Crippen molar-refractivity contribution in [1.29, 1.82) is 0 Å². The molecule has 57 heavy (non-hydrogen) atoms. The third-order valence-corrected chi connectivity index (χ3v) is 11.5. The van der Waals surface area contributed by atoms with Crippen LogP contribution in [0.15, 0.2) is 205 Å². The predicted octanol–water partition coefficient (Wildman–Crippen LogP) is 14.2. The first-order valence-corrected chi connectivity index (χ1v) is 19.4. The van der Waals surface area contributed by atoms with Gasteiger partial charge in [0.05, 0.1) is 27.8 Å². The van der Waals surface area contributed by atoms with Gasteiger partial charge in [-0.15, -0.1) is 0 Å². The van der Waals surface area contributed by atoms with Gasteiger partial charge in [0.25, 0.3) is 0 Å². The summed E-state index contributed by atoms with van der Waals surface area (Å²) in [4.78, 5) is 5.48. The van der Waals surface area contributed by atoms with Gasteiger partial charge in [0.1, 0.15) is 17.0 Å². The number of nitrogens with zero attached hydrogens (tertiary/aromatic N) is 3. The zero-order chi connectivity index (χ0) is 37.5. The first-order chi connectivity index (χ1) is 28.3. The van der Waals surface area contributed by atoms with E-state index in [9.17, 15) is 0 Å². The minimum absolute atomic E-state index is 0.861. The zero-order valence-corrected chi connectivity index (χ0v) is 30.8. The lowest BCUT2D eigenvalue weighted by Crippen LogP contribution is -2.01. The highest BCUT2D eigenvalue weighted by Crippen LogP contribution is 2.43. The quantitative estimate of drug-likeness (QED) is 0.177. The molecule has 0 fully saturated rings. The van der Waals surface area contributed by atoms with Gasteiger partial charge in [-0.25, -0.2) is 4.98 Å². The standard InChI is InChI=1S/C53H33N3O/c1-4-13-34(14-5-1)36-23-28-47-43(31-36)41-26-27-42-44-32-37(35-15-6-2-7-16-35)24-29-48(44)56(53(42)52(41)55(47)39-17-8-3-9-18-39)51-22-12-20-46(54-51)38-25-30-50-45(33-38)40-19-10-11-21-49(40)57-50/h1-33H. The summed E-state index contributed by atoms with van der Waals surface area (Å²) >= 11 is 0. The molecule has 4 aromatic heterocycles. The second kappa shape index (κ2) is 12.4. The van der Waals surface area contributed by atoms with E-state index in [0.717, 1.165) is 66.8 Å². The number of pyridine rings is 1. The van der Waals surface area contributed by atoms with Crippen molar-refractivity contribution >= 4 is 65.6 Å². The summed E-state index contributed by atoms with van der Waals surface area (Å²) in [6.45, 7) is 0. The Morgan fingerprint density at radius 1 is 0.333 bits per heavy atom. The average Bonchev–Trinajstić information content (AvgIpc) is 3.94. The smallest absolute Gasteiger partial charge is 0.138 e. The lowest BCUT2D eigenvalue weighted by Gasteiger charge is -2.13. The van der Waals surface area contributed by atoms with Gasteiger partial charge in [0.2, 0.25) is 0 Å². The molecule has 4 nitrogen and oxygen atoms in total. The Kier molecular flexibility index (Phi) is 6.89. The molecule has 0 aliphatic carbocycles. The Morgan fingerprint density at radius 2 is 0.877 bits per heavy atom. The molecule has 0 radical (unpaired) electrons. The Bertz CT molecular complexity index is 3500. The van der Waals surface area contributed by atoms with E-state index < -0.39 is 0 Å². The maximum absolute atomic E-state index is 6.18. The fourth-order valence-corrected chi connectivity index (χ4v) is 8.90. The van der Waals surface area contributed by atoms with Gasteiger partial charge in [-0.1, -0.05) is 127 Å². The summed E-state index contributed by atoms with van der Waals surface area (Å²) in [5.74, 6) is 0.861. The van der Waals surface area contributed by atoms with E-state index in [-0.39, 0.29) is 0 Å². The van der Waals surface area contributed by atoms with Crippen LogP contribution in [0.25, 0.3) is 111 Å². The van der Waals surface area contributed by atoms with Crippen LogP contribution in [0.4, 0.5) is 0 Å². The largest absolute Gasteiger partial charge is 0.456 e. The molecule has 0 unspecified atom stereocenters. The number of hydrogen-bond donors (Lipinski definition) is 0. The van der Waals surface area contributed by atoms with Gasteiger partial charge in [-0.2, -0.15) is 0 Å². The first-order valence-electron chi connectivity index (χ1n) is 19.4. The normalized spacial score (nSPS) is 11.9. The lowest BCUT2D eigenvalue weighted by molar-refractivity contribution is 0.669. The van der Waals surface area contributed by atoms with E-state index in [0.29, 0.717) is 0 Å². The zero-order valence-electron chi connectivity index (χ0n) is 30.8. The second-order valence-electron chi connectivity index (χ2n) is 14.8. The van der Waals surface area contributed by atoms with Crippen molar-refractivity contribution in [2.75, 3.05) is 0 Å². The van der Waals surface area contributed by atoms with Gasteiger partial charge in [0.15, 0.2) is 0 Å². The first kappa shape index (κ1) is 31.6.